The predicted octanol–water partition coefficient (Wildman–Crippen LogP) is 6.66. The number of fused-ring (bicyclic) bond motifs is 2. The zero-order chi connectivity index (χ0) is 22.2. The summed E-state index contributed by atoms with van der Waals surface area (Å²) < 4.78 is 12.1. The summed E-state index contributed by atoms with van der Waals surface area (Å²) in [5.41, 5.74) is 3.37. The molecule has 5 rings (SSSR count). The van der Waals surface area contributed by atoms with Crippen molar-refractivity contribution in [2.45, 2.75) is 13.8 Å². The van der Waals surface area contributed by atoms with Crippen molar-refractivity contribution in [2.24, 2.45) is 0 Å². The standard InChI is InChI=1S/C28H20O4/c1-17-7-11-19(12-8-17)31-23-15-16-24(32-20-13-9-18(2)10-14-20)26-25(23)27(29)21-5-3-4-6-22(21)28(26)30/h3-16H,1-2H3. The zero-order valence-corrected chi connectivity index (χ0v) is 17.7. The Balaban J connectivity index is 1.65. The first kappa shape index (κ1) is 19.8. The van der Waals surface area contributed by atoms with Crippen molar-refractivity contribution in [3.8, 4) is 23.0 Å². The molecule has 4 aromatic carbocycles. The van der Waals surface area contributed by atoms with Gasteiger partial charge in [0.25, 0.3) is 0 Å². The van der Waals surface area contributed by atoms with Crippen LogP contribution in [0, 0.1) is 13.8 Å². The molecule has 0 fully saturated rings. The molecule has 32 heavy (non-hydrogen) atoms. The highest BCUT2D eigenvalue weighted by atomic mass is 16.5. The second kappa shape index (κ2) is 7.82. The minimum absolute atomic E-state index is 0.221. The molecule has 4 heteroatoms. The van der Waals surface area contributed by atoms with Crippen LogP contribution in [0.1, 0.15) is 43.0 Å². The summed E-state index contributed by atoms with van der Waals surface area (Å²) in [7, 11) is 0. The Morgan fingerprint density at radius 3 is 1.25 bits per heavy atom. The van der Waals surface area contributed by atoms with Crippen LogP contribution in [0.25, 0.3) is 0 Å². The van der Waals surface area contributed by atoms with Crippen LogP contribution in [0.2, 0.25) is 0 Å². The summed E-state index contributed by atoms with van der Waals surface area (Å²) in [6.45, 7) is 3.98. The summed E-state index contributed by atoms with van der Waals surface area (Å²) in [5.74, 6) is 1.31. The highest BCUT2D eigenvalue weighted by molar-refractivity contribution is 6.30. The highest BCUT2D eigenvalue weighted by Crippen LogP contribution is 2.41. The summed E-state index contributed by atoms with van der Waals surface area (Å²) in [6.07, 6.45) is 0. The van der Waals surface area contributed by atoms with Crippen molar-refractivity contribution in [1.82, 2.24) is 0 Å². The van der Waals surface area contributed by atoms with E-state index in [0.717, 1.165) is 11.1 Å². The van der Waals surface area contributed by atoms with E-state index in [2.05, 4.69) is 0 Å². The lowest BCUT2D eigenvalue weighted by atomic mass is 9.83. The molecule has 0 aliphatic heterocycles. The van der Waals surface area contributed by atoms with Crippen LogP contribution in [0.5, 0.6) is 23.0 Å². The first-order valence-electron chi connectivity index (χ1n) is 10.4. The molecule has 0 saturated heterocycles. The van der Waals surface area contributed by atoms with Gasteiger partial charge in [0, 0.05) is 11.1 Å². The van der Waals surface area contributed by atoms with Gasteiger partial charge in [0.2, 0.25) is 0 Å². The lowest BCUT2D eigenvalue weighted by Crippen LogP contribution is -2.22. The summed E-state index contributed by atoms with van der Waals surface area (Å²) in [6, 6.07) is 25.3. The van der Waals surface area contributed by atoms with Crippen LogP contribution in [-0.2, 0) is 0 Å². The predicted molar refractivity (Wildman–Crippen MR) is 122 cm³/mol. The molecule has 0 heterocycles. The molecule has 0 bridgehead atoms. The van der Waals surface area contributed by atoms with Gasteiger partial charge in [0.15, 0.2) is 11.6 Å². The Morgan fingerprint density at radius 2 is 0.875 bits per heavy atom. The van der Waals surface area contributed by atoms with Gasteiger partial charge in [-0.3, -0.25) is 9.59 Å². The van der Waals surface area contributed by atoms with Gasteiger partial charge >= 0.3 is 0 Å². The van der Waals surface area contributed by atoms with Gasteiger partial charge in [-0.05, 0) is 50.2 Å². The van der Waals surface area contributed by atoms with E-state index in [-0.39, 0.29) is 22.7 Å². The topological polar surface area (TPSA) is 52.6 Å². The van der Waals surface area contributed by atoms with E-state index in [1.54, 1.807) is 36.4 Å². The maximum Gasteiger partial charge on any atom is 0.198 e. The van der Waals surface area contributed by atoms with Crippen molar-refractivity contribution in [3.63, 3.8) is 0 Å². The molecule has 0 N–H and O–H groups in total. The highest BCUT2D eigenvalue weighted by Gasteiger charge is 2.35. The Bertz CT molecular complexity index is 1240. The average molecular weight is 420 g/mol. The number of carbonyl (C=O) groups is 2. The molecule has 0 atom stereocenters. The molecular weight excluding hydrogens is 400 g/mol. The molecule has 0 aromatic heterocycles. The Kier molecular flexibility index (Phi) is 4.83. The van der Waals surface area contributed by atoms with Crippen LogP contribution in [-0.4, -0.2) is 11.6 Å². The fourth-order valence-corrected chi connectivity index (χ4v) is 3.80. The van der Waals surface area contributed by atoms with Crippen LogP contribution in [0.15, 0.2) is 84.9 Å². The third-order valence-corrected chi connectivity index (χ3v) is 5.50. The summed E-state index contributed by atoms with van der Waals surface area (Å²) >= 11 is 0. The fraction of sp³-hybridized carbons (Fsp3) is 0.0714. The van der Waals surface area contributed by atoms with Gasteiger partial charge in [0.1, 0.15) is 23.0 Å². The molecule has 0 spiro atoms. The van der Waals surface area contributed by atoms with Gasteiger partial charge in [-0.15, -0.1) is 0 Å². The molecule has 1 aliphatic carbocycles. The van der Waals surface area contributed by atoms with Crippen molar-refractivity contribution in [3.05, 3.63) is 118 Å². The maximum absolute atomic E-state index is 13.5. The monoisotopic (exact) mass is 420 g/mol. The van der Waals surface area contributed by atoms with Crippen LogP contribution in [0.4, 0.5) is 0 Å². The normalized spacial score (nSPS) is 12.2. The number of aryl methyl sites for hydroxylation is 2. The summed E-state index contributed by atoms with van der Waals surface area (Å²) in [4.78, 5) is 27.0. The van der Waals surface area contributed by atoms with Crippen LogP contribution in [0.3, 0.4) is 0 Å². The van der Waals surface area contributed by atoms with Crippen LogP contribution >= 0.6 is 0 Å². The SMILES string of the molecule is Cc1ccc(Oc2ccc(Oc3ccc(C)cc3)c3c2C(=O)c2ccccc2C3=O)cc1. The van der Waals surface area contributed by atoms with Crippen molar-refractivity contribution in [2.75, 3.05) is 0 Å². The number of ether oxygens (including phenoxy) is 2. The molecule has 0 radical (unpaired) electrons. The van der Waals surface area contributed by atoms with Gasteiger partial charge in [-0.2, -0.15) is 0 Å². The summed E-state index contributed by atoms with van der Waals surface area (Å²) in [5, 5.41) is 0. The zero-order valence-electron chi connectivity index (χ0n) is 17.7. The molecule has 156 valence electrons. The molecule has 4 nitrogen and oxygen atoms in total. The van der Waals surface area contributed by atoms with E-state index in [1.165, 1.54) is 0 Å². The van der Waals surface area contributed by atoms with E-state index in [1.807, 2.05) is 62.4 Å². The number of hydrogen-bond acceptors (Lipinski definition) is 4. The average Bonchev–Trinajstić information content (AvgIpc) is 2.81. The molecule has 1 aliphatic rings. The van der Waals surface area contributed by atoms with Crippen molar-refractivity contribution in [1.29, 1.82) is 0 Å². The molecule has 4 aromatic rings. The van der Waals surface area contributed by atoms with Crippen molar-refractivity contribution < 1.29 is 19.1 Å². The maximum atomic E-state index is 13.5. The second-order valence-electron chi connectivity index (χ2n) is 7.85. The lowest BCUT2D eigenvalue weighted by Gasteiger charge is -2.22. The van der Waals surface area contributed by atoms with Gasteiger partial charge in [-0.1, -0.05) is 59.7 Å². The van der Waals surface area contributed by atoms with E-state index in [9.17, 15) is 9.59 Å². The molecule has 0 unspecified atom stereocenters. The second-order valence-corrected chi connectivity index (χ2v) is 7.85. The molecule has 0 amide bonds. The van der Waals surface area contributed by atoms with E-state index < -0.39 is 0 Å². The third-order valence-electron chi connectivity index (χ3n) is 5.50. The third kappa shape index (κ3) is 3.46. The van der Waals surface area contributed by atoms with Gasteiger partial charge in [-0.25, -0.2) is 0 Å². The first-order valence-corrected chi connectivity index (χ1v) is 10.4. The van der Waals surface area contributed by atoms with Crippen molar-refractivity contribution >= 4 is 11.6 Å². The lowest BCUT2D eigenvalue weighted by molar-refractivity contribution is 0.0975. The largest absolute Gasteiger partial charge is 0.457 e. The Hall–Kier alpha value is -4.18. The fourth-order valence-electron chi connectivity index (χ4n) is 3.80. The number of ketones is 2. The first-order chi connectivity index (χ1) is 15.5. The Labute approximate surface area is 186 Å². The van der Waals surface area contributed by atoms with E-state index >= 15 is 0 Å². The number of rotatable bonds is 4. The minimum atomic E-state index is -0.258. The molecule has 0 saturated carbocycles. The van der Waals surface area contributed by atoms with Gasteiger partial charge < -0.3 is 9.47 Å². The quantitative estimate of drug-likeness (QED) is 0.326. The number of hydrogen-bond donors (Lipinski definition) is 0. The number of carbonyl (C=O) groups excluding carboxylic acids is 2. The Morgan fingerprint density at radius 1 is 0.500 bits per heavy atom. The van der Waals surface area contributed by atoms with Crippen LogP contribution < -0.4 is 9.47 Å². The van der Waals surface area contributed by atoms with E-state index in [0.29, 0.717) is 34.1 Å². The smallest absolute Gasteiger partial charge is 0.198 e. The minimum Gasteiger partial charge on any atom is -0.457 e. The number of benzene rings is 4. The van der Waals surface area contributed by atoms with Gasteiger partial charge in [0.05, 0.1) is 11.1 Å². The van der Waals surface area contributed by atoms with E-state index in [4.69, 9.17) is 9.47 Å². The molecular formula is C28H20O4.